The standard InChI is InChI=1S/C20H27N3O3S/c1-15(2)14-19(20(24)22-13-11-17-6-4-5-12-21-17)23-27(25,26)18-9-7-16(3)8-10-18/h4-10,12,15,19,23H,11,13-14H2,1-3H3,(H,22,24). The van der Waals surface area contributed by atoms with Crippen molar-refractivity contribution in [2.75, 3.05) is 6.54 Å². The smallest absolute Gasteiger partial charge is 0.241 e. The van der Waals surface area contributed by atoms with Gasteiger partial charge < -0.3 is 5.32 Å². The van der Waals surface area contributed by atoms with Crippen molar-refractivity contribution >= 4 is 15.9 Å². The molecule has 1 aromatic carbocycles. The first-order chi connectivity index (χ1) is 12.8. The van der Waals surface area contributed by atoms with Crippen molar-refractivity contribution in [3.05, 3.63) is 59.9 Å². The van der Waals surface area contributed by atoms with Gasteiger partial charge in [0, 0.05) is 24.9 Å². The summed E-state index contributed by atoms with van der Waals surface area (Å²) in [6, 6.07) is 11.4. The molecule has 0 spiro atoms. The summed E-state index contributed by atoms with van der Waals surface area (Å²) < 4.78 is 27.8. The number of amides is 1. The molecule has 1 unspecified atom stereocenters. The van der Waals surface area contributed by atoms with Crippen LogP contribution in [0.25, 0.3) is 0 Å². The number of hydrogen-bond acceptors (Lipinski definition) is 4. The van der Waals surface area contributed by atoms with Crippen molar-refractivity contribution in [1.29, 1.82) is 0 Å². The summed E-state index contributed by atoms with van der Waals surface area (Å²) in [5.41, 5.74) is 1.85. The third-order valence-electron chi connectivity index (χ3n) is 4.06. The minimum Gasteiger partial charge on any atom is -0.354 e. The molecule has 0 aliphatic rings. The molecule has 1 atom stereocenters. The minimum absolute atomic E-state index is 0.156. The van der Waals surface area contributed by atoms with Gasteiger partial charge in [-0.1, -0.05) is 37.6 Å². The minimum atomic E-state index is -3.77. The van der Waals surface area contributed by atoms with Crippen LogP contribution in [-0.4, -0.2) is 31.9 Å². The van der Waals surface area contributed by atoms with Gasteiger partial charge in [-0.3, -0.25) is 9.78 Å². The largest absolute Gasteiger partial charge is 0.354 e. The first-order valence-corrected chi connectivity index (χ1v) is 10.5. The Bertz CT molecular complexity index is 835. The van der Waals surface area contributed by atoms with E-state index in [9.17, 15) is 13.2 Å². The van der Waals surface area contributed by atoms with E-state index < -0.39 is 16.1 Å². The molecule has 0 saturated heterocycles. The van der Waals surface area contributed by atoms with Crippen molar-refractivity contribution in [1.82, 2.24) is 15.0 Å². The lowest BCUT2D eigenvalue weighted by Gasteiger charge is -2.20. The third kappa shape index (κ3) is 6.77. The Labute approximate surface area is 161 Å². The van der Waals surface area contributed by atoms with E-state index >= 15 is 0 Å². The molecule has 2 aromatic rings. The molecule has 6 nitrogen and oxygen atoms in total. The van der Waals surface area contributed by atoms with Crippen LogP contribution >= 0.6 is 0 Å². The van der Waals surface area contributed by atoms with Gasteiger partial charge in [-0.05, 0) is 43.5 Å². The summed E-state index contributed by atoms with van der Waals surface area (Å²) in [4.78, 5) is 16.9. The first-order valence-electron chi connectivity index (χ1n) is 9.04. The fourth-order valence-electron chi connectivity index (χ4n) is 2.64. The van der Waals surface area contributed by atoms with E-state index in [0.29, 0.717) is 19.4 Å². The fourth-order valence-corrected chi connectivity index (χ4v) is 3.84. The van der Waals surface area contributed by atoms with Crippen LogP contribution in [0.4, 0.5) is 0 Å². The lowest BCUT2D eigenvalue weighted by molar-refractivity contribution is -0.123. The van der Waals surface area contributed by atoms with Gasteiger partial charge >= 0.3 is 0 Å². The second-order valence-electron chi connectivity index (χ2n) is 6.98. The highest BCUT2D eigenvalue weighted by atomic mass is 32.2. The molecule has 0 aliphatic carbocycles. The highest BCUT2D eigenvalue weighted by Gasteiger charge is 2.26. The summed E-state index contributed by atoms with van der Waals surface area (Å²) in [7, 11) is -3.77. The zero-order valence-corrected chi connectivity index (χ0v) is 16.8. The monoisotopic (exact) mass is 389 g/mol. The summed E-state index contributed by atoms with van der Waals surface area (Å²) in [5, 5.41) is 2.81. The van der Waals surface area contributed by atoms with E-state index in [4.69, 9.17) is 0 Å². The van der Waals surface area contributed by atoms with Crippen molar-refractivity contribution in [2.45, 2.75) is 44.6 Å². The topological polar surface area (TPSA) is 88.2 Å². The maximum atomic E-state index is 12.6. The van der Waals surface area contributed by atoms with Gasteiger partial charge in [0.15, 0.2) is 0 Å². The zero-order valence-electron chi connectivity index (χ0n) is 16.0. The first kappa shape index (κ1) is 21.1. The van der Waals surface area contributed by atoms with Gasteiger partial charge in [0.2, 0.25) is 15.9 Å². The molecule has 1 aromatic heterocycles. The number of nitrogens with zero attached hydrogens (tertiary/aromatic N) is 1. The predicted molar refractivity (Wildman–Crippen MR) is 106 cm³/mol. The number of pyridine rings is 1. The quantitative estimate of drug-likeness (QED) is 0.689. The van der Waals surface area contributed by atoms with E-state index in [-0.39, 0.29) is 16.7 Å². The van der Waals surface area contributed by atoms with Gasteiger partial charge in [-0.25, -0.2) is 8.42 Å². The van der Waals surface area contributed by atoms with Crippen molar-refractivity contribution in [2.24, 2.45) is 5.92 Å². The molecular formula is C20H27N3O3S. The van der Waals surface area contributed by atoms with Crippen molar-refractivity contribution in [3.8, 4) is 0 Å². The maximum Gasteiger partial charge on any atom is 0.241 e. The number of aromatic nitrogens is 1. The Kier molecular flexibility index (Phi) is 7.50. The lowest BCUT2D eigenvalue weighted by atomic mass is 10.0. The van der Waals surface area contributed by atoms with Crippen LogP contribution in [0, 0.1) is 12.8 Å². The number of sulfonamides is 1. The number of carbonyl (C=O) groups is 1. The van der Waals surface area contributed by atoms with Crippen LogP contribution < -0.4 is 10.0 Å². The average molecular weight is 390 g/mol. The molecule has 0 aliphatic heterocycles. The summed E-state index contributed by atoms with van der Waals surface area (Å²) in [5.74, 6) is -0.160. The fraction of sp³-hybridized carbons (Fsp3) is 0.400. The second-order valence-corrected chi connectivity index (χ2v) is 8.69. The van der Waals surface area contributed by atoms with E-state index in [2.05, 4.69) is 15.0 Å². The van der Waals surface area contributed by atoms with Gasteiger partial charge in [0.05, 0.1) is 4.90 Å². The average Bonchev–Trinajstić information content (AvgIpc) is 2.62. The molecule has 2 N–H and O–H groups in total. The van der Waals surface area contributed by atoms with Crippen LogP contribution in [0.1, 0.15) is 31.5 Å². The summed E-state index contributed by atoms with van der Waals surface area (Å²) in [6.45, 7) is 6.19. The molecule has 2 rings (SSSR count). The summed E-state index contributed by atoms with van der Waals surface area (Å²) in [6.07, 6.45) is 2.71. The zero-order chi connectivity index (χ0) is 19.9. The molecule has 0 saturated carbocycles. The molecule has 0 fully saturated rings. The van der Waals surface area contributed by atoms with Gasteiger partial charge in [-0.2, -0.15) is 4.72 Å². The SMILES string of the molecule is Cc1ccc(S(=O)(=O)NC(CC(C)C)C(=O)NCCc2ccccn2)cc1. The number of aryl methyl sites for hydroxylation is 1. The van der Waals surface area contributed by atoms with Crippen LogP contribution in [0.15, 0.2) is 53.6 Å². The molecular weight excluding hydrogens is 362 g/mol. The molecule has 0 bridgehead atoms. The molecule has 27 heavy (non-hydrogen) atoms. The predicted octanol–water partition coefficient (Wildman–Crippen LogP) is 2.44. The van der Waals surface area contributed by atoms with E-state index in [1.807, 2.05) is 39.0 Å². The molecule has 146 valence electrons. The van der Waals surface area contributed by atoms with E-state index in [1.54, 1.807) is 30.5 Å². The molecule has 1 heterocycles. The van der Waals surface area contributed by atoms with Crippen LogP contribution in [0.2, 0.25) is 0 Å². The van der Waals surface area contributed by atoms with Crippen LogP contribution in [0.5, 0.6) is 0 Å². The number of hydrogen-bond donors (Lipinski definition) is 2. The highest BCUT2D eigenvalue weighted by molar-refractivity contribution is 7.89. The Morgan fingerprint density at radius 1 is 1.11 bits per heavy atom. The van der Waals surface area contributed by atoms with E-state index in [1.165, 1.54) is 0 Å². The second kappa shape index (κ2) is 9.62. The number of rotatable bonds is 9. The Morgan fingerprint density at radius 3 is 2.41 bits per heavy atom. The highest BCUT2D eigenvalue weighted by Crippen LogP contribution is 2.13. The molecule has 0 radical (unpaired) electrons. The van der Waals surface area contributed by atoms with E-state index in [0.717, 1.165) is 11.3 Å². The third-order valence-corrected chi connectivity index (χ3v) is 5.55. The van der Waals surface area contributed by atoms with Crippen molar-refractivity contribution in [3.63, 3.8) is 0 Å². The Hall–Kier alpha value is -2.25. The Balaban J connectivity index is 2.02. The maximum absolute atomic E-state index is 12.6. The van der Waals surface area contributed by atoms with Gasteiger partial charge in [0.25, 0.3) is 0 Å². The Morgan fingerprint density at radius 2 is 1.81 bits per heavy atom. The van der Waals surface area contributed by atoms with Gasteiger partial charge in [0.1, 0.15) is 6.04 Å². The number of benzene rings is 1. The molecule has 1 amide bonds. The summed E-state index contributed by atoms with van der Waals surface area (Å²) >= 11 is 0. The van der Waals surface area contributed by atoms with Gasteiger partial charge in [-0.15, -0.1) is 0 Å². The normalized spacial score (nSPS) is 12.7. The van der Waals surface area contributed by atoms with Crippen LogP contribution in [-0.2, 0) is 21.2 Å². The van der Waals surface area contributed by atoms with Crippen molar-refractivity contribution < 1.29 is 13.2 Å². The lowest BCUT2D eigenvalue weighted by Crippen LogP contribution is -2.47. The van der Waals surface area contributed by atoms with Crippen LogP contribution in [0.3, 0.4) is 0 Å². The number of carbonyl (C=O) groups excluding carboxylic acids is 1. The molecule has 7 heteroatoms. The number of nitrogens with one attached hydrogen (secondary N) is 2.